The van der Waals surface area contributed by atoms with Gasteiger partial charge >= 0.3 is 0 Å². The van der Waals surface area contributed by atoms with Crippen molar-refractivity contribution in [1.29, 1.82) is 0 Å². The molecular formula is C25H34N6O4S. The van der Waals surface area contributed by atoms with Crippen molar-refractivity contribution >= 4 is 29.3 Å². The van der Waals surface area contributed by atoms with Crippen molar-refractivity contribution in [3.63, 3.8) is 0 Å². The van der Waals surface area contributed by atoms with Gasteiger partial charge in [-0.3, -0.25) is 19.7 Å². The Kier molecular flexibility index (Phi) is 8.95. The molecule has 0 spiro atoms. The number of carbonyl (C=O) groups excluding carboxylic acids is 2. The van der Waals surface area contributed by atoms with Crippen LogP contribution in [-0.4, -0.2) is 54.2 Å². The molecule has 1 aromatic heterocycles. The molecule has 0 radical (unpaired) electrons. The van der Waals surface area contributed by atoms with Crippen LogP contribution in [0, 0.1) is 10.1 Å². The van der Waals surface area contributed by atoms with E-state index in [0.717, 1.165) is 25.7 Å². The zero-order chi connectivity index (χ0) is 25.5. The molecule has 2 aromatic rings. The maximum absolute atomic E-state index is 13.4. The van der Waals surface area contributed by atoms with Crippen LogP contribution in [0.15, 0.2) is 29.4 Å². The van der Waals surface area contributed by atoms with E-state index in [-0.39, 0.29) is 23.7 Å². The molecule has 2 fully saturated rings. The van der Waals surface area contributed by atoms with Crippen molar-refractivity contribution < 1.29 is 14.5 Å². The standard InChI is InChI=1S/C25H34N6O4S/c1-29-22(16-26-24(33)18-9-8-14-21(15-18)31(34)35)27-28-25(29)36-17-23(32)30(19-10-4-2-5-11-19)20-12-6-3-7-13-20/h8-9,14-15,19-20H,2-7,10-13,16-17H2,1H3,(H,26,33). The third-order valence-electron chi connectivity index (χ3n) is 7.20. The number of nitro groups is 1. The Balaban J connectivity index is 1.35. The van der Waals surface area contributed by atoms with Gasteiger partial charge in [0, 0.05) is 36.8 Å². The van der Waals surface area contributed by atoms with E-state index in [1.165, 1.54) is 74.6 Å². The van der Waals surface area contributed by atoms with Crippen molar-refractivity contribution in [1.82, 2.24) is 25.0 Å². The van der Waals surface area contributed by atoms with Crippen LogP contribution in [0.2, 0.25) is 0 Å². The predicted octanol–water partition coefficient (Wildman–Crippen LogP) is 4.24. The lowest BCUT2D eigenvalue weighted by atomic mass is 9.88. The van der Waals surface area contributed by atoms with Crippen molar-refractivity contribution in [3.05, 3.63) is 45.8 Å². The van der Waals surface area contributed by atoms with Crippen LogP contribution in [0.25, 0.3) is 0 Å². The van der Waals surface area contributed by atoms with E-state index < -0.39 is 10.8 Å². The van der Waals surface area contributed by atoms with Gasteiger partial charge in [-0.25, -0.2) is 0 Å². The van der Waals surface area contributed by atoms with Crippen LogP contribution >= 0.6 is 11.8 Å². The number of non-ortho nitro benzene ring substituents is 1. The monoisotopic (exact) mass is 514 g/mol. The Morgan fingerprint density at radius 2 is 1.72 bits per heavy atom. The molecular weight excluding hydrogens is 480 g/mol. The minimum Gasteiger partial charge on any atom is -0.345 e. The Morgan fingerprint density at radius 3 is 2.33 bits per heavy atom. The highest BCUT2D eigenvalue weighted by atomic mass is 32.2. The van der Waals surface area contributed by atoms with Crippen LogP contribution in [0.4, 0.5) is 5.69 Å². The summed E-state index contributed by atoms with van der Waals surface area (Å²) in [5.74, 6) is 0.614. The lowest BCUT2D eigenvalue weighted by Gasteiger charge is -2.41. The molecule has 2 aliphatic carbocycles. The SMILES string of the molecule is Cn1c(CNC(=O)c2cccc([N+](=O)[O-])c2)nnc1SCC(=O)N(C1CCCCC1)C1CCCCC1. The average molecular weight is 515 g/mol. The molecule has 4 rings (SSSR count). The molecule has 0 unspecified atom stereocenters. The summed E-state index contributed by atoms with van der Waals surface area (Å²) < 4.78 is 1.78. The number of hydrogen-bond acceptors (Lipinski definition) is 7. The number of hydrogen-bond donors (Lipinski definition) is 1. The molecule has 1 N–H and O–H groups in total. The summed E-state index contributed by atoms with van der Waals surface area (Å²) in [4.78, 5) is 38.5. The zero-order valence-corrected chi connectivity index (χ0v) is 21.5. The van der Waals surface area contributed by atoms with Crippen molar-refractivity contribution in [2.45, 2.75) is 88.0 Å². The van der Waals surface area contributed by atoms with Crippen molar-refractivity contribution in [2.75, 3.05) is 5.75 Å². The number of aromatic nitrogens is 3. The van der Waals surface area contributed by atoms with Crippen LogP contribution < -0.4 is 5.32 Å². The highest BCUT2D eigenvalue weighted by molar-refractivity contribution is 7.99. The van der Waals surface area contributed by atoms with Gasteiger partial charge in [0.1, 0.15) is 0 Å². The summed E-state index contributed by atoms with van der Waals surface area (Å²) in [5.41, 5.74) is 0.0669. The van der Waals surface area contributed by atoms with Gasteiger partial charge in [0.25, 0.3) is 11.6 Å². The highest BCUT2D eigenvalue weighted by Crippen LogP contribution is 2.31. The van der Waals surface area contributed by atoms with E-state index in [4.69, 9.17) is 0 Å². The third kappa shape index (κ3) is 6.43. The van der Waals surface area contributed by atoms with Crippen LogP contribution in [0.3, 0.4) is 0 Å². The Morgan fingerprint density at radius 1 is 1.08 bits per heavy atom. The second kappa shape index (κ2) is 12.3. The minimum absolute atomic E-state index is 0.121. The molecule has 0 saturated heterocycles. The van der Waals surface area contributed by atoms with Crippen molar-refractivity contribution in [2.24, 2.45) is 7.05 Å². The Bertz CT molecular complexity index is 1060. The smallest absolute Gasteiger partial charge is 0.270 e. The number of nitrogens with one attached hydrogen (secondary N) is 1. The number of amides is 2. The van der Waals surface area contributed by atoms with Crippen molar-refractivity contribution in [3.8, 4) is 0 Å². The zero-order valence-electron chi connectivity index (χ0n) is 20.7. The first-order valence-electron chi connectivity index (χ1n) is 12.8. The molecule has 1 heterocycles. The van der Waals surface area contributed by atoms with E-state index in [9.17, 15) is 19.7 Å². The molecule has 10 nitrogen and oxygen atoms in total. The maximum Gasteiger partial charge on any atom is 0.270 e. The number of benzene rings is 1. The van der Waals surface area contributed by atoms with Gasteiger partial charge in [-0.2, -0.15) is 0 Å². The van der Waals surface area contributed by atoms with Gasteiger partial charge in [0.15, 0.2) is 11.0 Å². The summed E-state index contributed by atoms with van der Waals surface area (Å²) in [6, 6.07) is 6.29. The fourth-order valence-corrected chi connectivity index (χ4v) is 6.07. The number of carbonyl (C=O) groups is 2. The van der Waals surface area contributed by atoms with E-state index >= 15 is 0 Å². The van der Waals surface area contributed by atoms with Gasteiger partial charge in [-0.1, -0.05) is 56.4 Å². The first kappa shape index (κ1) is 26.1. The summed E-state index contributed by atoms with van der Waals surface area (Å²) in [7, 11) is 1.81. The topological polar surface area (TPSA) is 123 Å². The van der Waals surface area contributed by atoms with E-state index in [1.54, 1.807) is 4.57 Å². The summed E-state index contributed by atoms with van der Waals surface area (Å²) in [6.07, 6.45) is 11.7. The largest absolute Gasteiger partial charge is 0.345 e. The van der Waals surface area contributed by atoms with E-state index in [2.05, 4.69) is 20.4 Å². The van der Waals surface area contributed by atoms with E-state index in [1.807, 2.05) is 7.05 Å². The lowest BCUT2D eigenvalue weighted by molar-refractivity contribution is -0.384. The Hall–Kier alpha value is -2.95. The Labute approximate surface area is 215 Å². The van der Waals surface area contributed by atoms with Crippen LogP contribution in [0.5, 0.6) is 0 Å². The number of thioether (sulfide) groups is 1. The van der Waals surface area contributed by atoms with Gasteiger partial charge in [-0.15, -0.1) is 10.2 Å². The molecule has 194 valence electrons. The first-order valence-corrected chi connectivity index (χ1v) is 13.8. The number of rotatable bonds is 9. The van der Waals surface area contributed by atoms with Gasteiger partial charge < -0.3 is 14.8 Å². The number of nitrogens with zero attached hydrogens (tertiary/aromatic N) is 5. The van der Waals surface area contributed by atoms with E-state index in [0.29, 0.717) is 28.8 Å². The van der Waals surface area contributed by atoms with Gasteiger partial charge in [-0.05, 0) is 31.7 Å². The molecule has 2 saturated carbocycles. The number of nitro benzene ring substituents is 1. The fraction of sp³-hybridized carbons (Fsp3) is 0.600. The normalized spacial score (nSPS) is 17.0. The minimum atomic E-state index is -0.534. The molecule has 11 heteroatoms. The molecule has 2 aliphatic rings. The quantitative estimate of drug-likeness (QED) is 0.302. The highest BCUT2D eigenvalue weighted by Gasteiger charge is 2.32. The second-order valence-corrected chi connectivity index (χ2v) is 10.6. The van der Waals surface area contributed by atoms with Gasteiger partial charge in [0.05, 0.1) is 17.2 Å². The van der Waals surface area contributed by atoms with Crippen LogP contribution in [-0.2, 0) is 18.4 Å². The van der Waals surface area contributed by atoms with Gasteiger partial charge in [0.2, 0.25) is 5.91 Å². The molecule has 36 heavy (non-hydrogen) atoms. The third-order valence-corrected chi connectivity index (χ3v) is 8.21. The average Bonchev–Trinajstić information content (AvgIpc) is 3.26. The fourth-order valence-electron chi connectivity index (χ4n) is 5.27. The summed E-state index contributed by atoms with van der Waals surface area (Å²) >= 11 is 1.38. The molecule has 1 aromatic carbocycles. The van der Waals surface area contributed by atoms with Crippen LogP contribution in [0.1, 0.15) is 80.4 Å². The molecule has 0 bridgehead atoms. The molecule has 0 atom stereocenters. The summed E-state index contributed by atoms with van der Waals surface area (Å²) in [6.45, 7) is 0.121. The molecule has 2 amide bonds. The summed E-state index contributed by atoms with van der Waals surface area (Å²) in [5, 5.41) is 22.7. The molecule has 0 aliphatic heterocycles. The maximum atomic E-state index is 13.4. The first-order chi connectivity index (χ1) is 17.4. The lowest BCUT2D eigenvalue weighted by Crippen LogP contribution is -2.49. The second-order valence-electron chi connectivity index (χ2n) is 9.62. The predicted molar refractivity (Wildman–Crippen MR) is 137 cm³/mol.